The van der Waals surface area contributed by atoms with Crippen LogP contribution in [0.4, 0.5) is 0 Å². The van der Waals surface area contributed by atoms with Crippen molar-refractivity contribution in [2.75, 3.05) is 19.6 Å². The Labute approximate surface area is 123 Å². The summed E-state index contributed by atoms with van der Waals surface area (Å²) in [5.74, 6) is 4.97. The molecule has 3 N–H and O–H groups in total. The first-order valence-electron chi connectivity index (χ1n) is 7.25. The number of carbonyl (C=O) groups is 1. The van der Waals surface area contributed by atoms with Crippen LogP contribution in [0, 0.1) is 0 Å². The summed E-state index contributed by atoms with van der Waals surface area (Å²) in [6, 6.07) is 5.22. The molecule has 0 spiro atoms. The van der Waals surface area contributed by atoms with E-state index in [-0.39, 0.29) is 5.91 Å². The first-order chi connectivity index (χ1) is 9.67. The maximum absolute atomic E-state index is 11.5. The van der Waals surface area contributed by atoms with E-state index in [1.54, 1.807) is 0 Å². The highest BCUT2D eigenvalue weighted by atomic mass is 32.1. The SMILES string of the molecule is CC1CN2CCCC2CN1Cc1ccc(C(=O)NN)s1. The van der Waals surface area contributed by atoms with Gasteiger partial charge in [0, 0.05) is 36.6 Å². The molecule has 3 rings (SSSR count). The number of hydrogen-bond acceptors (Lipinski definition) is 5. The summed E-state index contributed by atoms with van der Waals surface area (Å²) in [5.41, 5.74) is 2.19. The summed E-state index contributed by atoms with van der Waals surface area (Å²) >= 11 is 1.54. The van der Waals surface area contributed by atoms with Gasteiger partial charge in [-0.25, -0.2) is 5.84 Å². The average Bonchev–Trinajstić information content (AvgIpc) is 3.07. The van der Waals surface area contributed by atoms with E-state index in [4.69, 9.17) is 5.84 Å². The van der Waals surface area contributed by atoms with Gasteiger partial charge in [-0.1, -0.05) is 0 Å². The van der Waals surface area contributed by atoms with E-state index < -0.39 is 0 Å². The quantitative estimate of drug-likeness (QED) is 0.496. The summed E-state index contributed by atoms with van der Waals surface area (Å²) in [6.07, 6.45) is 2.67. The van der Waals surface area contributed by atoms with Crippen molar-refractivity contribution in [1.82, 2.24) is 15.2 Å². The van der Waals surface area contributed by atoms with Gasteiger partial charge in [-0.2, -0.15) is 0 Å². The molecule has 0 aromatic carbocycles. The zero-order chi connectivity index (χ0) is 14.1. The number of nitrogens with two attached hydrogens (primary N) is 1. The van der Waals surface area contributed by atoms with Crippen molar-refractivity contribution in [3.8, 4) is 0 Å². The Morgan fingerprint density at radius 1 is 1.50 bits per heavy atom. The van der Waals surface area contributed by atoms with Gasteiger partial charge in [0.2, 0.25) is 0 Å². The van der Waals surface area contributed by atoms with E-state index in [2.05, 4.69) is 22.1 Å². The molecule has 2 aliphatic heterocycles. The lowest BCUT2D eigenvalue weighted by Gasteiger charge is -2.42. The maximum atomic E-state index is 11.5. The minimum absolute atomic E-state index is 0.199. The van der Waals surface area contributed by atoms with Crippen molar-refractivity contribution >= 4 is 17.2 Å². The molecule has 2 fully saturated rings. The van der Waals surface area contributed by atoms with Gasteiger partial charge < -0.3 is 0 Å². The number of fused-ring (bicyclic) bond motifs is 1. The molecule has 20 heavy (non-hydrogen) atoms. The Balaban J connectivity index is 1.65. The molecule has 1 aromatic rings. The van der Waals surface area contributed by atoms with E-state index in [1.807, 2.05) is 12.1 Å². The summed E-state index contributed by atoms with van der Waals surface area (Å²) in [5, 5.41) is 0. The molecule has 2 aliphatic rings. The van der Waals surface area contributed by atoms with Crippen molar-refractivity contribution in [3.63, 3.8) is 0 Å². The fourth-order valence-corrected chi connectivity index (χ4v) is 4.26. The van der Waals surface area contributed by atoms with Gasteiger partial charge in [0.1, 0.15) is 0 Å². The Hall–Kier alpha value is -0.950. The number of nitrogens with zero attached hydrogens (tertiary/aromatic N) is 2. The largest absolute Gasteiger partial charge is 0.298 e. The van der Waals surface area contributed by atoms with Crippen LogP contribution in [0.25, 0.3) is 0 Å². The monoisotopic (exact) mass is 294 g/mol. The number of thiophene rings is 1. The Kier molecular flexibility index (Phi) is 4.07. The van der Waals surface area contributed by atoms with E-state index in [0.29, 0.717) is 10.9 Å². The van der Waals surface area contributed by atoms with Crippen LogP contribution >= 0.6 is 11.3 Å². The van der Waals surface area contributed by atoms with Gasteiger partial charge in [-0.15, -0.1) is 11.3 Å². The fourth-order valence-electron chi connectivity index (χ4n) is 3.32. The van der Waals surface area contributed by atoms with Crippen LogP contribution in [0.2, 0.25) is 0 Å². The Morgan fingerprint density at radius 3 is 3.15 bits per heavy atom. The summed E-state index contributed by atoms with van der Waals surface area (Å²) in [7, 11) is 0. The third kappa shape index (κ3) is 2.74. The van der Waals surface area contributed by atoms with E-state index in [9.17, 15) is 4.79 Å². The summed E-state index contributed by atoms with van der Waals surface area (Å²) < 4.78 is 0. The molecule has 2 atom stereocenters. The second-order valence-electron chi connectivity index (χ2n) is 5.81. The van der Waals surface area contributed by atoms with Crippen LogP contribution < -0.4 is 11.3 Å². The van der Waals surface area contributed by atoms with Gasteiger partial charge >= 0.3 is 0 Å². The minimum Gasteiger partial charge on any atom is -0.298 e. The molecule has 1 amide bonds. The molecule has 3 heterocycles. The summed E-state index contributed by atoms with van der Waals surface area (Å²) in [6.45, 7) is 6.83. The molecular weight excluding hydrogens is 272 g/mol. The van der Waals surface area contributed by atoms with Gasteiger partial charge in [-0.3, -0.25) is 20.0 Å². The number of nitrogen functional groups attached to an aromatic ring is 1. The van der Waals surface area contributed by atoms with Crippen LogP contribution in [0.3, 0.4) is 0 Å². The number of piperazine rings is 1. The number of amides is 1. The van der Waals surface area contributed by atoms with Gasteiger partial charge in [0.25, 0.3) is 5.91 Å². The molecule has 6 heteroatoms. The van der Waals surface area contributed by atoms with Gasteiger partial charge in [-0.05, 0) is 38.4 Å². The molecule has 0 saturated carbocycles. The van der Waals surface area contributed by atoms with Crippen LogP contribution in [0.1, 0.15) is 34.3 Å². The second-order valence-corrected chi connectivity index (χ2v) is 6.98. The topological polar surface area (TPSA) is 61.6 Å². The lowest BCUT2D eigenvalue weighted by Crippen LogP contribution is -2.54. The van der Waals surface area contributed by atoms with Crippen molar-refractivity contribution in [2.24, 2.45) is 5.84 Å². The van der Waals surface area contributed by atoms with E-state index in [0.717, 1.165) is 19.1 Å². The smallest absolute Gasteiger partial charge is 0.275 e. The molecular formula is C14H22N4OS. The van der Waals surface area contributed by atoms with Crippen LogP contribution in [0.15, 0.2) is 12.1 Å². The molecule has 2 saturated heterocycles. The highest BCUT2D eigenvalue weighted by molar-refractivity contribution is 7.14. The highest BCUT2D eigenvalue weighted by Gasteiger charge is 2.34. The van der Waals surface area contributed by atoms with Crippen molar-refractivity contribution in [3.05, 3.63) is 21.9 Å². The Bertz CT molecular complexity index is 489. The zero-order valence-corrected chi connectivity index (χ0v) is 12.7. The van der Waals surface area contributed by atoms with Crippen molar-refractivity contribution in [2.45, 2.75) is 38.4 Å². The van der Waals surface area contributed by atoms with Gasteiger partial charge in [0.05, 0.1) is 4.88 Å². The van der Waals surface area contributed by atoms with Crippen LogP contribution in [-0.4, -0.2) is 47.4 Å². The second kappa shape index (κ2) is 5.81. The molecule has 0 bridgehead atoms. The molecule has 2 unspecified atom stereocenters. The average molecular weight is 294 g/mol. The van der Waals surface area contributed by atoms with Crippen molar-refractivity contribution < 1.29 is 4.79 Å². The molecule has 1 aromatic heterocycles. The lowest BCUT2D eigenvalue weighted by atomic mass is 10.1. The van der Waals surface area contributed by atoms with Crippen LogP contribution in [0.5, 0.6) is 0 Å². The first-order valence-corrected chi connectivity index (χ1v) is 8.07. The number of nitrogens with one attached hydrogen (secondary N) is 1. The standard InChI is InChI=1S/C14H22N4OS/c1-10-7-17-6-2-3-11(17)8-18(10)9-12-4-5-13(20-12)14(19)16-15/h4-5,10-11H,2-3,6-9,15H2,1H3,(H,16,19). The maximum Gasteiger partial charge on any atom is 0.275 e. The first kappa shape index (κ1) is 14.0. The minimum atomic E-state index is -0.199. The molecule has 110 valence electrons. The number of carbonyl (C=O) groups excluding carboxylic acids is 1. The zero-order valence-electron chi connectivity index (χ0n) is 11.8. The lowest BCUT2D eigenvalue weighted by molar-refractivity contribution is 0.0547. The summed E-state index contributed by atoms with van der Waals surface area (Å²) in [4.78, 5) is 18.6. The number of hydrazine groups is 1. The molecule has 5 nitrogen and oxygen atoms in total. The Morgan fingerprint density at radius 2 is 2.35 bits per heavy atom. The number of hydrogen-bond donors (Lipinski definition) is 2. The van der Waals surface area contributed by atoms with Gasteiger partial charge in [0.15, 0.2) is 0 Å². The predicted octanol–water partition coefficient (Wildman–Crippen LogP) is 1.02. The van der Waals surface area contributed by atoms with Crippen molar-refractivity contribution in [1.29, 1.82) is 0 Å². The highest BCUT2D eigenvalue weighted by Crippen LogP contribution is 2.27. The number of rotatable bonds is 3. The fraction of sp³-hybridized carbons (Fsp3) is 0.643. The normalized spacial score (nSPS) is 27.5. The van der Waals surface area contributed by atoms with E-state index >= 15 is 0 Å². The molecule has 0 radical (unpaired) electrons. The predicted molar refractivity (Wildman–Crippen MR) is 80.4 cm³/mol. The van der Waals surface area contributed by atoms with Crippen LogP contribution in [-0.2, 0) is 6.54 Å². The van der Waals surface area contributed by atoms with E-state index in [1.165, 1.54) is 42.1 Å². The molecule has 0 aliphatic carbocycles. The third-order valence-electron chi connectivity index (χ3n) is 4.44. The third-order valence-corrected chi connectivity index (χ3v) is 5.51.